The van der Waals surface area contributed by atoms with Crippen molar-refractivity contribution in [3.8, 4) is 0 Å². The number of nitrogens with zero attached hydrogens (tertiary/aromatic N) is 1. The average Bonchev–Trinajstić information content (AvgIpc) is 3.66. The smallest absolute Gasteiger partial charge is 0.306 e. The second-order valence-electron chi connectivity index (χ2n) is 22.9. The number of carbonyl (C=O) groups is 1. The topological polar surface area (TPSA) is 57.2 Å². The zero-order valence-corrected chi connectivity index (χ0v) is 43.4. The molecule has 0 amide bonds. The van der Waals surface area contributed by atoms with Crippen LogP contribution < -0.4 is 0 Å². The molecule has 5 aliphatic rings. The lowest BCUT2D eigenvalue weighted by Crippen LogP contribution is -2.51. The first kappa shape index (κ1) is 54.5. The van der Waals surface area contributed by atoms with E-state index in [1.807, 2.05) is 0 Å². The fourth-order valence-corrected chi connectivity index (χ4v) is 13.7. The second kappa shape index (κ2) is 30.2. The number of hydrogen-bond donors (Lipinski definition) is 0. The number of rotatable bonds is 33. The molecule has 1 aliphatic heterocycles. The van der Waals surface area contributed by atoms with Gasteiger partial charge in [0.1, 0.15) is 6.10 Å². The molecule has 0 aromatic carbocycles. The third-order valence-corrected chi connectivity index (χ3v) is 17.5. The number of unbranched alkanes of at least 4 members (excludes halogenated alkanes) is 9. The van der Waals surface area contributed by atoms with E-state index in [2.05, 4.69) is 76.8 Å². The van der Waals surface area contributed by atoms with Gasteiger partial charge in [-0.15, -0.1) is 0 Å². The van der Waals surface area contributed by atoms with Crippen LogP contribution in [0, 0.1) is 46.3 Å². The van der Waals surface area contributed by atoms with E-state index in [-0.39, 0.29) is 23.6 Å². The van der Waals surface area contributed by atoms with Crippen LogP contribution in [0.5, 0.6) is 0 Å². The Morgan fingerprint density at radius 1 is 0.754 bits per heavy atom. The monoisotopic (exact) mass is 906 g/mol. The number of ether oxygens (including phenoxy) is 4. The van der Waals surface area contributed by atoms with Crippen molar-refractivity contribution in [3.63, 3.8) is 0 Å². The summed E-state index contributed by atoms with van der Waals surface area (Å²) in [5, 5.41) is 0. The molecule has 3 saturated carbocycles. The third kappa shape index (κ3) is 18.1. The zero-order valence-electron chi connectivity index (χ0n) is 43.4. The Hall–Kier alpha value is -1.47. The van der Waals surface area contributed by atoms with Crippen molar-refractivity contribution in [2.45, 2.75) is 234 Å². The summed E-state index contributed by atoms with van der Waals surface area (Å²) in [5.74, 6) is 5.04. The fraction of sp³-hybridized carbons (Fsp3) is 0.881. The van der Waals surface area contributed by atoms with Crippen molar-refractivity contribution < 1.29 is 23.7 Å². The Labute approximate surface area is 401 Å². The van der Waals surface area contributed by atoms with Gasteiger partial charge in [0.2, 0.25) is 0 Å². The first-order chi connectivity index (χ1) is 31.6. The predicted octanol–water partition coefficient (Wildman–Crippen LogP) is 15.4. The normalized spacial score (nSPS) is 29.2. The van der Waals surface area contributed by atoms with Crippen molar-refractivity contribution >= 4 is 5.97 Å². The largest absolute Gasteiger partial charge is 0.462 e. The summed E-state index contributed by atoms with van der Waals surface area (Å²) in [7, 11) is 0. The maximum absolute atomic E-state index is 13.0. The molecule has 0 radical (unpaired) electrons. The molecule has 65 heavy (non-hydrogen) atoms. The van der Waals surface area contributed by atoms with Crippen LogP contribution in [0.2, 0.25) is 0 Å². The maximum Gasteiger partial charge on any atom is 0.306 e. The fourth-order valence-electron chi connectivity index (χ4n) is 13.7. The van der Waals surface area contributed by atoms with Crippen LogP contribution in [-0.4, -0.2) is 75.7 Å². The lowest BCUT2D eigenvalue weighted by molar-refractivity contribution is -0.152. The Balaban J connectivity index is 0.903. The number of esters is 1. The summed E-state index contributed by atoms with van der Waals surface area (Å²) in [6, 6.07) is 0. The lowest BCUT2D eigenvalue weighted by Gasteiger charge is -2.58. The Morgan fingerprint density at radius 2 is 1.49 bits per heavy atom. The molecule has 4 aliphatic carbocycles. The highest BCUT2D eigenvalue weighted by atomic mass is 16.6. The average molecular weight is 906 g/mol. The third-order valence-electron chi connectivity index (χ3n) is 17.5. The molecule has 6 heteroatoms. The number of hydrogen-bond acceptors (Lipinski definition) is 6. The van der Waals surface area contributed by atoms with Gasteiger partial charge in [-0.25, -0.2) is 0 Å². The van der Waals surface area contributed by atoms with E-state index in [1.54, 1.807) is 5.57 Å². The van der Waals surface area contributed by atoms with Gasteiger partial charge in [-0.05, 0) is 162 Å². The molecule has 374 valence electrons. The highest BCUT2D eigenvalue weighted by Crippen LogP contribution is 2.67. The molecule has 5 rings (SSSR count). The van der Waals surface area contributed by atoms with Gasteiger partial charge in [-0.2, -0.15) is 0 Å². The molecule has 4 unspecified atom stereocenters. The number of likely N-dealkylation sites (tertiary alicyclic amines) is 1. The van der Waals surface area contributed by atoms with Gasteiger partial charge in [-0.3, -0.25) is 4.79 Å². The van der Waals surface area contributed by atoms with Crippen LogP contribution in [0.25, 0.3) is 0 Å². The number of carbonyl (C=O) groups excluding carboxylic acids is 1. The van der Waals surface area contributed by atoms with Crippen molar-refractivity contribution in [1.29, 1.82) is 0 Å². The molecule has 0 aromatic heterocycles. The Morgan fingerprint density at radius 3 is 2.26 bits per heavy atom. The van der Waals surface area contributed by atoms with Gasteiger partial charge in [0.05, 0.1) is 25.9 Å². The zero-order chi connectivity index (χ0) is 46.2. The molecular weight excluding hydrogens is 803 g/mol. The minimum atomic E-state index is -0.0563. The molecular formula is C59H103NO5. The van der Waals surface area contributed by atoms with Gasteiger partial charge in [0, 0.05) is 32.6 Å². The summed E-state index contributed by atoms with van der Waals surface area (Å²) in [6.45, 7) is 21.3. The molecule has 0 spiro atoms. The SMILES string of the molecule is CCCCCC=CCC=CCCCCCCCCOCC(CN1CCCCC1)OCCOCCCC(=O)O[C@H]1CC[C@@]2(C)C(=CCC3C2CC[C@@]2(C)C3CC[C@@H]2[C@H](C)CCCC(C)C)C1. The first-order valence-corrected chi connectivity index (χ1v) is 28.3. The van der Waals surface area contributed by atoms with Gasteiger partial charge in [-0.1, -0.05) is 142 Å². The molecule has 9 atom stereocenters. The summed E-state index contributed by atoms with van der Waals surface area (Å²) < 4.78 is 24.7. The van der Waals surface area contributed by atoms with E-state index >= 15 is 0 Å². The van der Waals surface area contributed by atoms with E-state index in [4.69, 9.17) is 18.9 Å². The van der Waals surface area contributed by atoms with Gasteiger partial charge >= 0.3 is 5.97 Å². The van der Waals surface area contributed by atoms with Crippen LogP contribution in [-0.2, 0) is 23.7 Å². The van der Waals surface area contributed by atoms with Crippen LogP contribution in [0.4, 0.5) is 0 Å². The summed E-state index contributed by atoms with van der Waals surface area (Å²) in [4.78, 5) is 15.6. The first-order valence-electron chi connectivity index (χ1n) is 28.3. The molecule has 1 heterocycles. The van der Waals surface area contributed by atoms with Crippen molar-refractivity contribution in [2.24, 2.45) is 46.3 Å². The van der Waals surface area contributed by atoms with Crippen molar-refractivity contribution in [1.82, 2.24) is 4.90 Å². The van der Waals surface area contributed by atoms with E-state index in [9.17, 15) is 4.79 Å². The quantitative estimate of drug-likeness (QED) is 0.0371. The van der Waals surface area contributed by atoms with Crippen molar-refractivity contribution in [2.75, 3.05) is 52.7 Å². The number of piperidine rings is 1. The Kier molecular flexibility index (Phi) is 25.3. The molecule has 0 bridgehead atoms. The summed E-state index contributed by atoms with van der Waals surface area (Å²) in [6.07, 6.45) is 46.5. The van der Waals surface area contributed by atoms with Crippen LogP contribution in [0.15, 0.2) is 36.0 Å². The van der Waals surface area contributed by atoms with E-state index in [1.165, 1.54) is 141 Å². The standard InChI is InChI=1S/C59H103NO5/c1-7-8-9-10-11-12-13-14-15-16-17-18-19-20-21-25-41-63-47-52(46-60-39-23-22-24-40-60)64-44-43-62-42-27-30-57(61)65-51-35-37-58(5)50(45-51)31-32-53-55-34-33-54(49(4)29-26-28-48(2)3)59(55,6)38-36-56(53)58/h11-12,14-15,31,48-49,51-56H,7-10,13,16-30,32-47H2,1-6H3/t49-,51+,52?,53?,54-,55?,56?,58+,59-/m1/s1. The van der Waals surface area contributed by atoms with E-state index in [0.717, 1.165) is 87.4 Å². The van der Waals surface area contributed by atoms with Gasteiger partial charge in [0.25, 0.3) is 0 Å². The predicted molar refractivity (Wildman–Crippen MR) is 273 cm³/mol. The molecule has 4 fully saturated rings. The van der Waals surface area contributed by atoms with E-state index in [0.29, 0.717) is 44.7 Å². The highest BCUT2D eigenvalue weighted by molar-refractivity contribution is 5.69. The Bertz CT molecular complexity index is 1380. The van der Waals surface area contributed by atoms with Gasteiger partial charge in [0.15, 0.2) is 0 Å². The minimum absolute atomic E-state index is 0.0309. The van der Waals surface area contributed by atoms with Crippen LogP contribution in [0.1, 0.15) is 221 Å². The van der Waals surface area contributed by atoms with Crippen LogP contribution in [0.3, 0.4) is 0 Å². The molecule has 0 N–H and O–H groups in total. The summed E-state index contributed by atoms with van der Waals surface area (Å²) >= 11 is 0. The second-order valence-corrected chi connectivity index (χ2v) is 22.9. The number of fused-ring (bicyclic) bond motifs is 5. The van der Waals surface area contributed by atoms with Crippen LogP contribution >= 0.6 is 0 Å². The maximum atomic E-state index is 13.0. The molecule has 1 saturated heterocycles. The van der Waals surface area contributed by atoms with E-state index < -0.39 is 0 Å². The molecule has 6 nitrogen and oxygen atoms in total. The van der Waals surface area contributed by atoms with Gasteiger partial charge < -0.3 is 23.8 Å². The number of allylic oxidation sites excluding steroid dienone is 5. The summed E-state index contributed by atoms with van der Waals surface area (Å²) in [5.41, 5.74) is 2.41. The minimum Gasteiger partial charge on any atom is -0.462 e. The lowest BCUT2D eigenvalue weighted by atomic mass is 9.47. The molecule has 0 aromatic rings. The highest BCUT2D eigenvalue weighted by Gasteiger charge is 2.59. The van der Waals surface area contributed by atoms with Crippen molar-refractivity contribution in [3.05, 3.63) is 36.0 Å².